The second kappa shape index (κ2) is 6.22. The number of nitrogen functional groups attached to an aromatic ring is 1. The number of rotatable bonds is 4. The van der Waals surface area contributed by atoms with Gasteiger partial charge in [0.25, 0.3) is 5.91 Å². The number of benzene rings is 2. The zero-order chi connectivity index (χ0) is 13.7. The molecular formula is C14H13ClN2O2. The van der Waals surface area contributed by atoms with Crippen LogP contribution < -0.4 is 16.0 Å². The Morgan fingerprint density at radius 3 is 2.74 bits per heavy atom. The molecule has 19 heavy (non-hydrogen) atoms. The molecule has 0 aliphatic rings. The van der Waals surface area contributed by atoms with Gasteiger partial charge in [0.05, 0.1) is 0 Å². The Balaban J connectivity index is 2.08. The maximum absolute atomic E-state index is 11.4. The molecule has 0 saturated carbocycles. The minimum Gasteiger partial charge on any atom is -0.489 e. The number of hydrogen-bond donors (Lipinski definition) is 2. The van der Waals surface area contributed by atoms with Gasteiger partial charge in [-0.3, -0.25) is 10.2 Å². The molecule has 2 aromatic carbocycles. The molecule has 2 aromatic rings. The van der Waals surface area contributed by atoms with Gasteiger partial charge in [-0.1, -0.05) is 35.9 Å². The molecule has 0 atom stereocenters. The monoisotopic (exact) mass is 276 g/mol. The second-order valence-electron chi connectivity index (χ2n) is 3.88. The van der Waals surface area contributed by atoms with Crippen LogP contribution in [0.2, 0.25) is 5.02 Å². The van der Waals surface area contributed by atoms with Crippen LogP contribution in [0.15, 0.2) is 48.5 Å². The predicted octanol–water partition coefficient (Wildman–Crippen LogP) is 2.52. The van der Waals surface area contributed by atoms with Crippen molar-refractivity contribution in [2.45, 2.75) is 6.61 Å². The van der Waals surface area contributed by atoms with Gasteiger partial charge in [-0.15, -0.1) is 0 Å². The van der Waals surface area contributed by atoms with Crippen molar-refractivity contribution in [1.82, 2.24) is 5.43 Å². The largest absolute Gasteiger partial charge is 0.489 e. The lowest BCUT2D eigenvalue weighted by molar-refractivity contribution is 0.0953. The van der Waals surface area contributed by atoms with Gasteiger partial charge in [0, 0.05) is 16.1 Å². The lowest BCUT2D eigenvalue weighted by atomic mass is 10.2. The molecule has 3 N–H and O–H groups in total. The molecule has 0 aromatic heterocycles. The maximum Gasteiger partial charge on any atom is 0.265 e. The van der Waals surface area contributed by atoms with Crippen LogP contribution in [0.25, 0.3) is 0 Å². The second-order valence-corrected chi connectivity index (χ2v) is 4.29. The first-order chi connectivity index (χ1) is 9.20. The number of carbonyl (C=O) groups is 1. The Hall–Kier alpha value is -2.04. The zero-order valence-electron chi connectivity index (χ0n) is 10.1. The Morgan fingerprint density at radius 1 is 1.21 bits per heavy atom. The zero-order valence-corrected chi connectivity index (χ0v) is 10.9. The Labute approximate surface area is 116 Å². The summed E-state index contributed by atoms with van der Waals surface area (Å²) in [6.07, 6.45) is 0. The number of nitrogens with one attached hydrogen (secondary N) is 1. The first-order valence-electron chi connectivity index (χ1n) is 5.68. The highest BCUT2D eigenvalue weighted by molar-refractivity contribution is 6.31. The highest BCUT2D eigenvalue weighted by Crippen LogP contribution is 2.19. The smallest absolute Gasteiger partial charge is 0.265 e. The van der Waals surface area contributed by atoms with Gasteiger partial charge in [-0.05, 0) is 24.3 Å². The summed E-state index contributed by atoms with van der Waals surface area (Å²) in [4.78, 5) is 11.4. The summed E-state index contributed by atoms with van der Waals surface area (Å²) in [7, 11) is 0. The Kier molecular flexibility index (Phi) is 4.39. The Morgan fingerprint density at radius 2 is 2.00 bits per heavy atom. The van der Waals surface area contributed by atoms with Gasteiger partial charge in [0.2, 0.25) is 0 Å². The molecular weight excluding hydrogens is 264 g/mol. The molecule has 4 nitrogen and oxygen atoms in total. The molecule has 5 heteroatoms. The van der Waals surface area contributed by atoms with Crippen molar-refractivity contribution in [2.75, 3.05) is 0 Å². The number of amides is 1. The van der Waals surface area contributed by atoms with Crippen LogP contribution in [0.5, 0.6) is 5.75 Å². The number of nitrogens with two attached hydrogens (primary N) is 1. The van der Waals surface area contributed by atoms with Crippen LogP contribution in [0, 0.1) is 0 Å². The van der Waals surface area contributed by atoms with Crippen molar-refractivity contribution in [3.05, 3.63) is 64.7 Å². The molecule has 0 bridgehead atoms. The molecule has 0 heterocycles. The van der Waals surface area contributed by atoms with Crippen LogP contribution in [0.4, 0.5) is 0 Å². The third kappa shape index (κ3) is 3.47. The SMILES string of the molecule is NNC(=O)c1cccc(OCc2ccccc2Cl)c1. The number of hydrogen-bond acceptors (Lipinski definition) is 3. The van der Waals surface area contributed by atoms with Crippen molar-refractivity contribution in [3.63, 3.8) is 0 Å². The summed E-state index contributed by atoms with van der Waals surface area (Å²) < 4.78 is 5.60. The van der Waals surface area contributed by atoms with E-state index in [1.165, 1.54) is 0 Å². The normalized spacial score (nSPS) is 10.0. The van der Waals surface area contributed by atoms with E-state index in [4.69, 9.17) is 22.2 Å². The van der Waals surface area contributed by atoms with E-state index in [9.17, 15) is 4.79 Å². The summed E-state index contributed by atoms with van der Waals surface area (Å²) in [6, 6.07) is 14.2. The molecule has 0 saturated heterocycles. The van der Waals surface area contributed by atoms with E-state index in [-0.39, 0.29) is 5.91 Å². The van der Waals surface area contributed by atoms with E-state index in [1.54, 1.807) is 30.3 Å². The van der Waals surface area contributed by atoms with Gasteiger partial charge in [0.15, 0.2) is 0 Å². The summed E-state index contributed by atoms with van der Waals surface area (Å²) in [5.74, 6) is 5.31. The lowest BCUT2D eigenvalue weighted by Gasteiger charge is -2.08. The average molecular weight is 277 g/mol. The molecule has 98 valence electrons. The van der Waals surface area contributed by atoms with Crippen LogP contribution in [0.1, 0.15) is 15.9 Å². The molecule has 0 radical (unpaired) electrons. The summed E-state index contributed by atoms with van der Waals surface area (Å²) in [6.45, 7) is 0.341. The maximum atomic E-state index is 11.4. The van der Waals surface area contributed by atoms with E-state index in [2.05, 4.69) is 5.43 Å². The quantitative estimate of drug-likeness (QED) is 0.512. The minimum atomic E-state index is -0.358. The van der Waals surface area contributed by atoms with Crippen molar-refractivity contribution < 1.29 is 9.53 Å². The summed E-state index contributed by atoms with van der Waals surface area (Å²) in [5.41, 5.74) is 3.41. The van der Waals surface area contributed by atoms with Crippen molar-refractivity contribution >= 4 is 17.5 Å². The lowest BCUT2D eigenvalue weighted by Crippen LogP contribution is -2.29. The van der Waals surface area contributed by atoms with Gasteiger partial charge in [0.1, 0.15) is 12.4 Å². The standard InChI is InChI=1S/C14H13ClN2O2/c15-13-7-2-1-4-11(13)9-19-12-6-3-5-10(8-12)14(18)17-16/h1-8H,9,16H2,(H,17,18). The Bertz CT molecular complexity index is 587. The molecule has 1 amide bonds. The predicted molar refractivity (Wildman–Crippen MR) is 73.9 cm³/mol. The molecule has 2 rings (SSSR count). The molecule has 0 spiro atoms. The van der Waals surface area contributed by atoms with Gasteiger partial charge in [-0.25, -0.2) is 5.84 Å². The third-order valence-corrected chi connectivity index (χ3v) is 2.95. The number of ether oxygens (including phenoxy) is 1. The average Bonchev–Trinajstić information content (AvgIpc) is 2.46. The van der Waals surface area contributed by atoms with Crippen LogP contribution in [0.3, 0.4) is 0 Å². The van der Waals surface area contributed by atoms with Crippen LogP contribution in [-0.4, -0.2) is 5.91 Å². The minimum absolute atomic E-state index is 0.341. The number of hydrazine groups is 1. The van der Waals surface area contributed by atoms with E-state index in [1.807, 2.05) is 18.2 Å². The fraction of sp³-hybridized carbons (Fsp3) is 0.0714. The van der Waals surface area contributed by atoms with E-state index >= 15 is 0 Å². The highest BCUT2D eigenvalue weighted by atomic mass is 35.5. The van der Waals surface area contributed by atoms with Crippen molar-refractivity contribution in [1.29, 1.82) is 0 Å². The molecule has 0 aliphatic heterocycles. The van der Waals surface area contributed by atoms with Crippen LogP contribution in [-0.2, 0) is 6.61 Å². The number of carbonyl (C=O) groups excluding carboxylic acids is 1. The fourth-order valence-corrected chi connectivity index (χ4v) is 1.78. The van der Waals surface area contributed by atoms with Gasteiger partial charge < -0.3 is 4.74 Å². The first kappa shape index (κ1) is 13.4. The molecule has 0 unspecified atom stereocenters. The summed E-state index contributed by atoms with van der Waals surface area (Å²) in [5, 5.41) is 0.651. The number of halogens is 1. The fourth-order valence-electron chi connectivity index (χ4n) is 1.59. The van der Waals surface area contributed by atoms with Gasteiger partial charge >= 0.3 is 0 Å². The van der Waals surface area contributed by atoms with E-state index in [0.717, 1.165) is 5.56 Å². The third-order valence-electron chi connectivity index (χ3n) is 2.58. The molecule has 0 aliphatic carbocycles. The summed E-state index contributed by atoms with van der Waals surface area (Å²) >= 11 is 6.03. The highest BCUT2D eigenvalue weighted by Gasteiger charge is 2.05. The first-order valence-corrected chi connectivity index (χ1v) is 6.05. The van der Waals surface area contributed by atoms with E-state index in [0.29, 0.717) is 22.9 Å². The molecule has 0 fully saturated rings. The topological polar surface area (TPSA) is 64.3 Å². The van der Waals surface area contributed by atoms with E-state index < -0.39 is 0 Å². The van der Waals surface area contributed by atoms with Gasteiger partial charge in [-0.2, -0.15) is 0 Å². The van der Waals surface area contributed by atoms with Crippen molar-refractivity contribution in [3.8, 4) is 5.75 Å². The van der Waals surface area contributed by atoms with Crippen molar-refractivity contribution in [2.24, 2.45) is 5.84 Å². The van der Waals surface area contributed by atoms with Crippen LogP contribution >= 0.6 is 11.6 Å².